The minimum Gasteiger partial charge on any atom is -0.345 e. The Bertz CT molecular complexity index is 1420. The van der Waals surface area contributed by atoms with E-state index in [9.17, 15) is 13.2 Å². The van der Waals surface area contributed by atoms with E-state index in [0.29, 0.717) is 32.7 Å². The molecule has 164 valence electrons. The Hall–Kier alpha value is -2.94. The Morgan fingerprint density at radius 1 is 1.12 bits per heavy atom. The summed E-state index contributed by atoms with van der Waals surface area (Å²) in [5.74, 6) is -0.0801. The number of hydrogen-bond donors (Lipinski definition) is 1. The largest absolute Gasteiger partial charge is 0.345 e. The third-order valence-corrected chi connectivity index (χ3v) is 7.76. The molecule has 0 unspecified atom stereocenters. The molecule has 6 nitrogen and oxygen atoms in total. The number of hydrogen-bond acceptors (Lipinski definition) is 5. The summed E-state index contributed by atoms with van der Waals surface area (Å²) >= 11 is 7.53. The van der Waals surface area contributed by atoms with Crippen LogP contribution in [0.25, 0.3) is 22.0 Å². The lowest BCUT2D eigenvalue weighted by atomic mass is 10.1. The van der Waals surface area contributed by atoms with Crippen molar-refractivity contribution in [1.29, 1.82) is 0 Å². The van der Waals surface area contributed by atoms with Gasteiger partial charge < -0.3 is 4.57 Å². The number of sulfonamides is 1. The molecule has 0 aliphatic heterocycles. The van der Waals surface area contributed by atoms with Gasteiger partial charge in [0, 0.05) is 40.0 Å². The molecule has 4 rings (SSSR count). The van der Waals surface area contributed by atoms with Crippen molar-refractivity contribution >= 4 is 44.4 Å². The molecule has 9 heteroatoms. The fourth-order valence-corrected chi connectivity index (χ4v) is 5.72. The number of anilines is 1. The van der Waals surface area contributed by atoms with Gasteiger partial charge in [0.25, 0.3) is 10.0 Å². The first kappa shape index (κ1) is 22.3. The molecular formula is C23H20ClN3O3S2. The number of aromatic nitrogens is 2. The van der Waals surface area contributed by atoms with E-state index >= 15 is 0 Å². The second-order valence-corrected chi connectivity index (χ2v) is 10.3. The maximum Gasteiger partial charge on any atom is 0.263 e. The molecule has 0 atom stereocenters. The van der Waals surface area contributed by atoms with E-state index < -0.39 is 10.0 Å². The monoisotopic (exact) mass is 485 g/mol. The Morgan fingerprint density at radius 2 is 1.84 bits per heavy atom. The highest BCUT2D eigenvalue weighted by molar-refractivity contribution is 7.92. The van der Waals surface area contributed by atoms with Crippen molar-refractivity contribution in [2.24, 2.45) is 7.05 Å². The fourth-order valence-electron chi connectivity index (χ4n) is 3.30. The van der Waals surface area contributed by atoms with Gasteiger partial charge in [-0.2, -0.15) is 0 Å². The molecule has 0 aliphatic rings. The van der Waals surface area contributed by atoms with Crippen LogP contribution in [0.1, 0.15) is 23.0 Å². The quantitative estimate of drug-likeness (QED) is 0.351. The molecule has 0 bridgehead atoms. The fraction of sp³-hybridized carbons (Fsp3) is 0.130. The summed E-state index contributed by atoms with van der Waals surface area (Å²) < 4.78 is 30.6. The van der Waals surface area contributed by atoms with Gasteiger partial charge in [-0.3, -0.25) is 9.52 Å². The van der Waals surface area contributed by atoms with Gasteiger partial charge >= 0.3 is 0 Å². The number of Topliss-reactive ketones (excluding diaryl/α,β-unsaturated/α-hetero) is 1. The van der Waals surface area contributed by atoms with Gasteiger partial charge in [0.1, 0.15) is 9.90 Å². The lowest BCUT2D eigenvalue weighted by Gasteiger charge is -2.08. The molecule has 1 N–H and O–H groups in total. The third-order valence-electron chi connectivity index (χ3n) is 5.17. The summed E-state index contributed by atoms with van der Waals surface area (Å²) in [6.07, 6.45) is 0. The number of halogens is 1. The van der Waals surface area contributed by atoms with Gasteiger partial charge in [-0.15, -0.1) is 11.3 Å². The van der Waals surface area contributed by atoms with Crippen molar-refractivity contribution < 1.29 is 13.2 Å². The maximum absolute atomic E-state index is 13.1. The molecule has 2 heterocycles. The van der Waals surface area contributed by atoms with Gasteiger partial charge in [-0.1, -0.05) is 23.7 Å². The molecule has 0 spiro atoms. The van der Waals surface area contributed by atoms with Crippen LogP contribution in [0, 0.1) is 6.92 Å². The highest BCUT2D eigenvalue weighted by Gasteiger charge is 2.24. The van der Waals surface area contributed by atoms with E-state index in [4.69, 9.17) is 16.6 Å². The van der Waals surface area contributed by atoms with Crippen molar-refractivity contribution in [2.75, 3.05) is 4.72 Å². The topological polar surface area (TPSA) is 81.1 Å². The number of nitrogens with one attached hydrogen (secondary N) is 1. The van der Waals surface area contributed by atoms with Gasteiger partial charge in [-0.25, -0.2) is 13.4 Å². The van der Waals surface area contributed by atoms with Gasteiger partial charge in [0.05, 0.1) is 11.4 Å². The third kappa shape index (κ3) is 4.34. The first-order valence-electron chi connectivity index (χ1n) is 9.67. The molecule has 0 aliphatic carbocycles. The Balaban J connectivity index is 1.66. The number of nitrogens with zero attached hydrogens (tertiary/aromatic N) is 2. The minimum atomic E-state index is -3.83. The maximum atomic E-state index is 13.1. The van der Waals surface area contributed by atoms with Crippen molar-refractivity contribution in [3.05, 3.63) is 76.3 Å². The number of thiazole rings is 1. The average molecular weight is 486 g/mol. The number of rotatable bonds is 6. The molecular weight excluding hydrogens is 466 g/mol. The summed E-state index contributed by atoms with van der Waals surface area (Å²) in [7, 11) is -2.02. The van der Waals surface area contributed by atoms with E-state index in [-0.39, 0.29) is 10.7 Å². The molecule has 0 fully saturated rings. The van der Waals surface area contributed by atoms with Crippen molar-refractivity contribution in [3.8, 4) is 22.0 Å². The van der Waals surface area contributed by atoms with Crippen molar-refractivity contribution in [2.45, 2.75) is 18.7 Å². The van der Waals surface area contributed by atoms with Crippen molar-refractivity contribution in [1.82, 2.24) is 9.55 Å². The smallest absolute Gasteiger partial charge is 0.263 e. The average Bonchev–Trinajstić information content (AvgIpc) is 3.34. The summed E-state index contributed by atoms with van der Waals surface area (Å²) in [5.41, 5.74) is 3.87. The van der Waals surface area contributed by atoms with Crippen LogP contribution in [-0.2, 0) is 17.1 Å². The molecule has 4 aromatic rings. The van der Waals surface area contributed by atoms with Gasteiger partial charge in [0.15, 0.2) is 5.78 Å². The van der Waals surface area contributed by atoms with Crippen LogP contribution in [0.5, 0.6) is 0 Å². The van der Waals surface area contributed by atoms with Crippen LogP contribution in [0.3, 0.4) is 0 Å². The summed E-state index contributed by atoms with van der Waals surface area (Å²) in [5, 5.41) is 3.26. The Kier molecular flexibility index (Phi) is 5.94. The van der Waals surface area contributed by atoms with Crippen LogP contribution in [0.4, 0.5) is 5.69 Å². The number of benzene rings is 2. The highest BCUT2D eigenvalue weighted by atomic mass is 35.5. The summed E-state index contributed by atoms with van der Waals surface area (Å²) in [4.78, 5) is 16.3. The lowest BCUT2D eigenvalue weighted by molar-refractivity contribution is 0.101. The van der Waals surface area contributed by atoms with Crippen LogP contribution in [-0.4, -0.2) is 23.8 Å². The predicted molar refractivity (Wildman–Crippen MR) is 129 cm³/mol. The molecule has 0 radical (unpaired) electrons. The summed E-state index contributed by atoms with van der Waals surface area (Å²) in [6, 6.07) is 15.4. The standard InChI is InChI=1S/C23H20ClN3O3S2/c1-14-22(32(29,30)26-19-9-7-16(8-10-19)15(2)28)12-21(27(14)3)23-25-20(13-31-23)17-5-4-6-18(24)11-17/h4-13,26H,1-3H3. The SMILES string of the molecule is CC(=O)c1ccc(NS(=O)(=O)c2cc(-c3nc(-c4cccc(Cl)c4)cs3)n(C)c2C)cc1. The van der Waals surface area contributed by atoms with Crippen LogP contribution < -0.4 is 4.72 Å². The highest BCUT2D eigenvalue weighted by Crippen LogP contribution is 2.33. The Morgan fingerprint density at radius 3 is 2.50 bits per heavy atom. The number of carbonyl (C=O) groups excluding carboxylic acids is 1. The van der Waals surface area contributed by atoms with E-state index in [1.165, 1.54) is 18.3 Å². The van der Waals surface area contributed by atoms with Crippen LogP contribution in [0.2, 0.25) is 5.02 Å². The van der Waals surface area contributed by atoms with E-state index in [2.05, 4.69) is 4.72 Å². The molecule has 0 saturated carbocycles. The number of ketones is 1. The zero-order chi connectivity index (χ0) is 23.0. The molecule has 2 aromatic heterocycles. The Labute approximate surface area is 195 Å². The molecule has 32 heavy (non-hydrogen) atoms. The minimum absolute atomic E-state index is 0.0801. The van der Waals surface area contributed by atoms with Gasteiger partial charge in [0.2, 0.25) is 0 Å². The zero-order valence-electron chi connectivity index (χ0n) is 17.6. The van der Waals surface area contributed by atoms with E-state index in [1.807, 2.05) is 35.2 Å². The first-order valence-corrected chi connectivity index (χ1v) is 12.4. The molecule has 2 aromatic carbocycles. The van der Waals surface area contributed by atoms with E-state index in [1.54, 1.807) is 43.3 Å². The predicted octanol–water partition coefficient (Wildman–Crippen LogP) is 5.78. The normalized spacial score (nSPS) is 11.5. The molecule has 0 saturated heterocycles. The molecule has 0 amide bonds. The van der Waals surface area contributed by atoms with Gasteiger partial charge in [-0.05, 0) is 56.3 Å². The van der Waals surface area contributed by atoms with Crippen LogP contribution >= 0.6 is 22.9 Å². The zero-order valence-corrected chi connectivity index (χ0v) is 20.0. The lowest BCUT2D eigenvalue weighted by Crippen LogP contribution is -2.14. The second-order valence-electron chi connectivity index (χ2n) is 7.33. The van der Waals surface area contributed by atoms with Crippen molar-refractivity contribution in [3.63, 3.8) is 0 Å². The first-order chi connectivity index (χ1) is 15.2. The number of carbonyl (C=O) groups is 1. The van der Waals surface area contributed by atoms with E-state index in [0.717, 1.165) is 11.3 Å². The second kappa shape index (κ2) is 8.54. The summed E-state index contributed by atoms with van der Waals surface area (Å²) in [6.45, 7) is 3.22. The van der Waals surface area contributed by atoms with Crippen LogP contribution in [0.15, 0.2) is 64.9 Å².